The molecule has 2 aromatic rings. The summed E-state index contributed by atoms with van der Waals surface area (Å²) in [4.78, 5) is 14.4. The highest BCUT2D eigenvalue weighted by Gasteiger charge is 2.15. The summed E-state index contributed by atoms with van der Waals surface area (Å²) in [7, 11) is -3.52. The Labute approximate surface area is 158 Å². The number of hydrogen-bond acceptors (Lipinski definition) is 5. The van der Waals surface area contributed by atoms with E-state index in [4.69, 9.17) is 0 Å². The minimum atomic E-state index is -3.52. The average Bonchev–Trinajstić information content (AvgIpc) is 3.19. The number of amides is 1. The summed E-state index contributed by atoms with van der Waals surface area (Å²) < 4.78 is 26.7. The van der Waals surface area contributed by atoms with Crippen molar-refractivity contribution in [3.05, 3.63) is 41.8 Å². The van der Waals surface area contributed by atoms with E-state index in [1.165, 1.54) is 31.0 Å². The smallest absolute Gasteiger partial charge is 0.250 e. The molecule has 2 heterocycles. The number of carbonyl (C=O) groups is 1. The SMILES string of the molecule is O=C(CCNS(=O)(=O)c1cccs1)Nc1ccc(N2CCCCC2)cc1. The summed E-state index contributed by atoms with van der Waals surface area (Å²) in [5, 5.41) is 4.51. The second-order valence-electron chi connectivity index (χ2n) is 6.22. The average molecular weight is 394 g/mol. The Morgan fingerprint density at radius 2 is 1.81 bits per heavy atom. The van der Waals surface area contributed by atoms with E-state index in [1.54, 1.807) is 11.4 Å². The predicted octanol–water partition coefficient (Wildman–Crippen LogP) is 3.05. The molecule has 1 saturated heterocycles. The van der Waals surface area contributed by atoms with Gasteiger partial charge in [-0.3, -0.25) is 4.79 Å². The zero-order valence-corrected chi connectivity index (χ0v) is 16.1. The fourth-order valence-electron chi connectivity index (χ4n) is 2.92. The van der Waals surface area contributed by atoms with Gasteiger partial charge in [0, 0.05) is 37.4 Å². The van der Waals surface area contributed by atoms with Gasteiger partial charge in [0.25, 0.3) is 0 Å². The minimum Gasteiger partial charge on any atom is -0.372 e. The molecule has 0 radical (unpaired) electrons. The number of sulfonamides is 1. The lowest BCUT2D eigenvalue weighted by Crippen LogP contribution is -2.29. The van der Waals surface area contributed by atoms with Gasteiger partial charge in [0.15, 0.2) is 0 Å². The van der Waals surface area contributed by atoms with Crippen LogP contribution in [0.25, 0.3) is 0 Å². The van der Waals surface area contributed by atoms with Crippen LogP contribution in [0.4, 0.5) is 11.4 Å². The van der Waals surface area contributed by atoms with Gasteiger partial charge in [-0.2, -0.15) is 0 Å². The summed E-state index contributed by atoms with van der Waals surface area (Å²) in [6.45, 7) is 2.23. The number of piperidine rings is 1. The van der Waals surface area contributed by atoms with Gasteiger partial charge in [-0.1, -0.05) is 6.07 Å². The fraction of sp³-hybridized carbons (Fsp3) is 0.389. The van der Waals surface area contributed by atoms with Crippen LogP contribution in [0.15, 0.2) is 46.0 Å². The number of anilines is 2. The molecule has 1 fully saturated rings. The van der Waals surface area contributed by atoms with E-state index >= 15 is 0 Å². The van der Waals surface area contributed by atoms with Gasteiger partial charge in [0.2, 0.25) is 15.9 Å². The first-order valence-electron chi connectivity index (χ1n) is 8.73. The summed E-state index contributed by atoms with van der Waals surface area (Å²) in [6.07, 6.45) is 3.82. The Kier molecular flexibility index (Phi) is 6.29. The Morgan fingerprint density at radius 3 is 2.46 bits per heavy atom. The van der Waals surface area contributed by atoms with Crippen molar-refractivity contribution in [2.75, 3.05) is 29.9 Å². The number of nitrogens with one attached hydrogen (secondary N) is 2. The predicted molar refractivity (Wildman–Crippen MR) is 105 cm³/mol. The van der Waals surface area contributed by atoms with Gasteiger partial charge in [-0.15, -0.1) is 11.3 Å². The van der Waals surface area contributed by atoms with E-state index < -0.39 is 10.0 Å². The summed E-state index contributed by atoms with van der Waals surface area (Å²) >= 11 is 1.15. The van der Waals surface area contributed by atoms with Crippen LogP contribution in [0.2, 0.25) is 0 Å². The molecule has 0 unspecified atom stereocenters. The highest BCUT2D eigenvalue weighted by molar-refractivity contribution is 7.91. The topological polar surface area (TPSA) is 78.5 Å². The molecule has 1 aromatic carbocycles. The largest absolute Gasteiger partial charge is 0.372 e. The van der Waals surface area contributed by atoms with Crippen LogP contribution in [0.5, 0.6) is 0 Å². The van der Waals surface area contributed by atoms with Crippen LogP contribution < -0.4 is 14.9 Å². The molecule has 0 aliphatic carbocycles. The Hall–Kier alpha value is -1.90. The van der Waals surface area contributed by atoms with Crippen molar-refractivity contribution in [1.29, 1.82) is 0 Å². The maximum atomic E-state index is 12.0. The molecule has 140 valence electrons. The van der Waals surface area contributed by atoms with Crippen LogP contribution in [-0.2, 0) is 14.8 Å². The fourth-order valence-corrected chi connectivity index (χ4v) is 4.99. The van der Waals surface area contributed by atoms with E-state index in [-0.39, 0.29) is 23.1 Å². The van der Waals surface area contributed by atoms with Gasteiger partial charge >= 0.3 is 0 Å². The van der Waals surface area contributed by atoms with Crippen molar-refractivity contribution in [3.63, 3.8) is 0 Å². The van der Waals surface area contributed by atoms with Crippen molar-refractivity contribution in [1.82, 2.24) is 4.72 Å². The maximum absolute atomic E-state index is 12.0. The molecule has 0 atom stereocenters. The third-order valence-electron chi connectivity index (χ3n) is 4.28. The van der Waals surface area contributed by atoms with Crippen LogP contribution in [0.1, 0.15) is 25.7 Å². The lowest BCUT2D eigenvalue weighted by Gasteiger charge is -2.28. The molecular weight excluding hydrogens is 370 g/mol. The van der Waals surface area contributed by atoms with Gasteiger partial charge < -0.3 is 10.2 Å². The van der Waals surface area contributed by atoms with Gasteiger partial charge in [-0.25, -0.2) is 13.1 Å². The van der Waals surface area contributed by atoms with E-state index in [2.05, 4.69) is 14.9 Å². The van der Waals surface area contributed by atoms with Gasteiger partial charge in [0.05, 0.1) is 0 Å². The molecule has 26 heavy (non-hydrogen) atoms. The molecule has 0 spiro atoms. The van der Waals surface area contributed by atoms with Crippen LogP contribution in [0, 0.1) is 0 Å². The third-order valence-corrected chi connectivity index (χ3v) is 7.13. The number of rotatable bonds is 7. The summed E-state index contributed by atoms with van der Waals surface area (Å²) in [5.74, 6) is -0.218. The van der Waals surface area contributed by atoms with E-state index in [1.807, 2.05) is 24.3 Å². The quantitative estimate of drug-likeness (QED) is 0.758. The highest BCUT2D eigenvalue weighted by atomic mass is 32.2. The zero-order valence-electron chi connectivity index (χ0n) is 14.5. The molecule has 1 aliphatic rings. The van der Waals surface area contributed by atoms with Crippen molar-refractivity contribution in [3.8, 4) is 0 Å². The molecule has 1 amide bonds. The Balaban J connectivity index is 1.46. The second kappa shape index (κ2) is 8.66. The van der Waals surface area contributed by atoms with Crippen molar-refractivity contribution >= 4 is 38.6 Å². The molecule has 6 nitrogen and oxygen atoms in total. The molecule has 1 aliphatic heterocycles. The summed E-state index contributed by atoms with van der Waals surface area (Å²) in [5.41, 5.74) is 1.89. The molecule has 2 N–H and O–H groups in total. The highest BCUT2D eigenvalue weighted by Crippen LogP contribution is 2.22. The Bertz CT molecular complexity index is 812. The van der Waals surface area contributed by atoms with Gasteiger partial charge in [0.1, 0.15) is 4.21 Å². The number of hydrogen-bond donors (Lipinski definition) is 2. The lowest BCUT2D eigenvalue weighted by molar-refractivity contribution is -0.116. The molecular formula is C18H23N3O3S2. The maximum Gasteiger partial charge on any atom is 0.250 e. The van der Waals surface area contributed by atoms with Crippen LogP contribution in [-0.4, -0.2) is 34.0 Å². The number of thiophene rings is 1. The second-order valence-corrected chi connectivity index (χ2v) is 9.16. The molecule has 8 heteroatoms. The van der Waals surface area contributed by atoms with E-state index in [9.17, 15) is 13.2 Å². The lowest BCUT2D eigenvalue weighted by atomic mass is 10.1. The third kappa shape index (κ3) is 5.06. The number of nitrogens with zero attached hydrogens (tertiary/aromatic N) is 1. The van der Waals surface area contributed by atoms with Crippen LogP contribution >= 0.6 is 11.3 Å². The molecule has 3 rings (SSSR count). The van der Waals surface area contributed by atoms with E-state index in [0.717, 1.165) is 30.1 Å². The molecule has 0 saturated carbocycles. The molecule has 1 aromatic heterocycles. The first-order valence-corrected chi connectivity index (χ1v) is 11.1. The standard InChI is InChI=1S/C18H23N3O3S2/c22-17(10-11-19-26(23,24)18-5-4-14-25-18)20-15-6-8-16(9-7-15)21-12-2-1-3-13-21/h4-9,14,19H,1-3,10-13H2,(H,20,22). The number of benzene rings is 1. The first kappa shape index (κ1) is 18.9. The van der Waals surface area contributed by atoms with Crippen molar-refractivity contribution < 1.29 is 13.2 Å². The van der Waals surface area contributed by atoms with Crippen molar-refractivity contribution in [2.45, 2.75) is 29.9 Å². The number of carbonyl (C=O) groups excluding carboxylic acids is 1. The summed E-state index contributed by atoms with van der Waals surface area (Å²) in [6, 6.07) is 11.0. The van der Waals surface area contributed by atoms with E-state index in [0.29, 0.717) is 0 Å². The normalized spacial score (nSPS) is 15.0. The van der Waals surface area contributed by atoms with Crippen molar-refractivity contribution in [2.24, 2.45) is 0 Å². The monoisotopic (exact) mass is 393 g/mol. The van der Waals surface area contributed by atoms with Crippen LogP contribution in [0.3, 0.4) is 0 Å². The molecule has 0 bridgehead atoms. The van der Waals surface area contributed by atoms with Gasteiger partial charge in [-0.05, 0) is 55.0 Å². The minimum absolute atomic E-state index is 0.0674. The Morgan fingerprint density at radius 1 is 1.08 bits per heavy atom. The zero-order chi connectivity index (χ0) is 18.4. The first-order chi connectivity index (χ1) is 12.5.